The second kappa shape index (κ2) is 1.82. The molecule has 2 saturated carbocycles. The zero-order valence-corrected chi connectivity index (χ0v) is 7.34. The van der Waals surface area contributed by atoms with Gasteiger partial charge in [0.15, 0.2) is 0 Å². The fourth-order valence-corrected chi connectivity index (χ4v) is 2.99. The second-order valence-corrected chi connectivity index (χ2v) is 4.74. The maximum absolute atomic E-state index is 2.81. The van der Waals surface area contributed by atoms with Crippen LogP contribution in [0.3, 0.4) is 0 Å². The molecule has 0 aromatic rings. The van der Waals surface area contributed by atoms with Crippen LogP contribution in [0.15, 0.2) is 0 Å². The smallest absolute Gasteiger partial charge is 0.0254 e. The lowest BCUT2D eigenvalue weighted by molar-refractivity contribution is -0.0194. The van der Waals surface area contributed by atoms with Crippen LogP contribution in [0.2, 0.25) is 0 Å². The van der Waals surface area contributed by atoms with E-state index in [1.165, 1.54) is 38.6 Å². The Morgan fingerprint density at radius 2 is 2.09 bits per heavy atom. The first-order valence-corrected chi connectivity index (χ1v) is 5.10. The zero-order valence-electron chi connectivity index (χ0n) is 7.34. The molecule has 0 aromatic heterocycles. The van der Waals surface area contributed by atoms with E-state index in [4.69, 9.17) is 0 Å². The van der Waals surface area contributed by atoms with E-state index in [-0.39, 0.29) is 0 Å². The summed E-state index contributed by atoms with van der Waals surface area (Å²) >= 11 is 0. The van der Waals surface area contributed by atoms with Crippen LogP contribution >= 0.6 is 0 Å². The molecule has 1 heteroatoms. The van der Waals surface area contributed by atoms with Gasteiger partial charge in [-0.3, -0.25) is 4.90 Å². The lowest BCUT2D eigenvalue weighted by atomic mass is 9.84. The predicted molar refractivity (Wildman–Crippen MR) is 45.5 cm³/mol. The van der Waals surface area contributed by atoms with Crippen LogP contribution in [-0.2, 0) is 0 Å². The summed E-state index contributed by atoms with van der Waals surface area (Å²) in [5.74, 6) is 1.02. The fourth-order valence-electron chi connectivity index (χ4n) is 2.99. The molecule has 2 aliphatic carbocycles. The van der Waals surface area contributed by atoms with E-state index in [2.05, 4.69) is 11.8 Å². The van der Waals surface area contributed by atoms with E-state index in [0.29, 0.717) is 0 Å². The minimum Gasteiger partial charge on any atom is -0.294 e. The summed E-state index contributed by atoms with van der Waals surface area (Å²) in [7, 11) is 0. The number of hydrogen-bond donors (Lipinski definition) is 0. The Labute approximate surface area is 68.8 Å². The van der Waals surface area contributed by atoms with Gasteiger partial charge in [0.05, 0.1) is 0 Å². The standard InChI is InChI=1S/C10H17N/c1-8-7-10(8)5-6-11(10)9-3-2-4-9/h8-9H,2-7H2,1H3/t8-,10?/m1/s1. The average molecular weight is 151 g/mol. The highest BCUT2D eigenvalue weighted by molar-refractivity contribution is 5.17. The number of nitrogens with zero attached hydrogens (tertiary/aromatic N) is 1. The third kappa shape index (κ3) is 0.658. The van der Waals surface area contributed by atoms with Gasteiger partial charge in [0.2, 0.25) is 0 Å². The maximum Gasteiger partial charge on any atom is 0.0254 e. The molecule has 0 bridgehead atoms. The van der Waals surface area contributed by atoms with E-state index >= 15 is 0 Å². The molecule has 0 N–H and O–H groups in total. The largest absolute Gasteiger partial charge is 0.294 e. The Kier molecular flexibility index (Phi) is 1.07. The summed E-state index contributed by atoms with van der Waals surface area (Å²) in [5, 5.41) is 0. The van der Waals surface area contributed by atoms with Crippen LogP contribution < -0.4 is 0 Å². The number of likely N-dealkylation sites (tertiary alicyclic amines) is 1. The molecule has 3 fully saturated rings. The Bertz CT molecular complexity index is 181. The molecule has 62 valence electrons. The lowest BCUT2D eigenvalue weighted by Crippen LogP contribution is -2.58. The van der Waals surface area contributed by atoms with Crippen molar-refractivity contribution < 1.29 is 0 Å². The highest BCUT2D eigenvalue weighted by Crippen LogP contribution is 2.58. The van der Waals surface area contributed by atoms with Crippen LogP contribution in [0.25, 0.3) is 0 Å². The van der Waals surface area contributed by atoms with Gasteiger partial charge in [0, 0.05) is 18.1 Å². The molecular weight excluding hydrogens is 134 g/mol. The average Bonchev–Trinajstić information content (AvgIpc) is 2.52. The molecule has 1 unspecified atom stereocenters. The predicted octanol–water partition coefficient (Wildman–Crippen LogP) is 2.02. The van der Waals surface area contributed by atoms with Crippen molar-refractivity contribution in [1.82, 2.24) is 4.90 Å². The van der Waals surface area contributed by atoms with Crippen molar-refractivity contribution in [2.45, 2.75) is 50.6 Å². The Morgan fingerprint density at radius 1 is 1.36 bits per heavy atom. The van der Waals surface area contributed by atoms with Gasteiger partial charge < -0.3 is 0 Å². The molecule has 1 spiro atoms. The van der Waals surface area contributed by atoms with Crippen molar-refractivity contribution >= 4 is 0 Å². The molecule has 11 heavy (non-hydrogen) atoms. The van der Waals surface area contributed by atoms with Crippen molar-refractivity contribution in [2.75, 3.05) is 6.54 Å². The maximum atomic E-state index is 2.81. The Hall–Kier alpha value is -0.0400. The third-order valence-electron chi connectivity index (χ3n) is 4.29. The molecule has 0 aromatic carbocycles. The van der Waals surface area contributed by atoms with Gasteiger partial charge >= 0.3 is 0 Å². The second-order valence-electron chi connectivity index (χ2n) is 4.74. The molecule has 1 aliphatic heterocycles. The lowest BCUT2D eigenvalue weighted by Gasteiger charge is -2.51. The monoisotopic (exact) mass is 151 g/mol. The minimum atomic E-state index is 0.755. The normalized spacial score (nSPS) is 50.5. The summed E-state index contributed by atoms with van der Waals surface area (Å²) in [5.41, 5.74) is 0.755. The summed E-state index contributed by atoms with van der Waals surface area (Å²) < 4.78 is 0. The SMILES string of the molecule is C[C@@H]1CC12CCN2C1CCC1. The van der Waals surface area contributed by atoms with Gasteiger partial charge in [0.1, 0.15) is 0 Å². The molecule has 1 heterocycles. The van der Waals surface area contributed by atoms with Crippen molar-refractivity contribution in [2.24, 2.45) is 5.92 Å². The van der Waals surface area contributed by atoms with E-state index in [1.807, 2.05) is 0 Å². The van der Waals surface area contributed by atoms with Gasteiger partial charge in [-0.15, -0.1) is 0 Å². The first kappa shape index (κ1) is 6.47. The Morgan fingerprint density at radius 3 is 2.36 bits per heavy atom. The van der Waals surface area contributed by atoms with Crippen LogP contribution in [0.1, 0.15) is 39.0 Å². The van der Waals surface area contributed by atoms with Crippen molar-refractivity contribution in [3.63, 3.8) is 0 Å². The quantitative estimate of drug-likeness (QED) is 0.554. The van der Waals surface area contributed by atoms with Crippen LogP contribution in [0.4, 0.5) is 0 Å². The third-order valence-corrected chi connectivity index (χ3v) is 4.29. The van der Waals surface area contributed by atoms with Crippen LogP contribution in [0.5, 0.6) is 0 Å². The van der Waals surface area contributed by atoms with Gasteiger partial charge in [-0.2, -0.15) is 0 Å². The Balaban J connectivity index is 1.71. The molecule has 1 nitrogen and oxygen atoms in total. The molecule has 3 aliphatic rings. The highest BCUT2D eigenvalue weighted by Gasteiger charge is 2.62. The molecule has 0 radical (unpaired) electrons. The molecule has 1 saturated heterocycles. The van der Waals surface area contributed by atoms with Crippen molar-refractivity contribution in [3.05, 3.63) is 0 Å². The summed E-state index contributed by atoms with van der Waals surface area (Å²) in [4.78, 5) is 2.81. The first-order valence-electron chi connectivity index (χ1n) is 5.10. The molecule has 3 rings (SSSR count). The van der Waals surface area contributed by atoms with Gasteiger partial charge in [-0.25, -0.2) is 0 Å². The van der Waals surface area contributed by atoms with E-state index in [0.717, 1.165) is 17.5 Å². The van der Waals surface area contributed by atoms with E-state index in [9.17, 15) is 0 Å². The number of rotatable bonds is 1. The van der Waals surface area contributed by atoms with Gasteiger partial charge in [-0.1, -0.05) is 13.3 Å². The van der Waals surface area contributed by atoms with E-state index in [1.54, 1.807) is 0 Å². The first-order chi connectivity index (χ1) is 5.33. The molecular formula is C10H17N. The topological polar surface area (TPSA) is 3.24 Å². The van der Waals surface area contributed by atoms with Gasteiger partial charge in [0.25, 0.3) is 0 Å². The summed E-state index contributed by atoms with van der Waals surface area (Å²) in [6, 6.07) is 1.01. The van der Waals surface area contributed by atoms with Gasteiger partial charge in [-0.05, 0) is 31.6 Å². The summed E-state index contributed by atoms with van der Waals surface area (Å²) in [6.45, 7) is 3.83. The molecule has 2 atom stereocenters. The minimum absolute atomic E-state index is 0.755. The van der Waals surface area contributed by atoms with Crippen molar-refractivity contribution in [3.8, 4) is 0 Å². The zero-order chi connectivity index (χ0) is 7.47. The van der Waals surface area contributed by atoms with Crippen LogP contribution in [0, 0.1) is 5.92 Å². The fraction of sp³-hybridized carbons (Fsp3) is 1.00. The number of hydrogen-bond acceptors (Lipinski definition) is 1. The summed E-state index contributed by atoms with van der Waals surface area (Å²) in [6.07, 6.45) is 7.49. The molecule has 0 amide bonds. The van der Waals surface area contributed by atoms with Crippen molar-refractivity contribution in [1.29, 1.82) is 0 Å². The van der Waals surface area contributed by atoms with Crippen LogP contribution in [-0.4, -0.2) is 23.0 Å². The van der Waals surface area contributed by atoms with E-state index < -0.39 is 0 Å². The highest BCUT2D eigenvalue weighted by atomic mass is 15.3.